The van der Waals surface area contributed by atoms with Gasteiger partial charge in [0.15, 0.2) is 11.6 Å². The Morgan fingerprint density at radius 3 is 2.12 bits per heavy atom. The lowest BCUT2D eigenvalue weighted by molar-refractivity contribution is -0.140. The summed E-state index contributed by atoms with van der Waals surface area (Å²) in [6, 6.07) is 1.62. The lowest BCUT2D eigenvalue weighted by Crippen LogP contribution is -2.25. The summed E-state index contributed by atoms with van der Waals surface area (Å²) >= 11 is 5.76. The molecule has 0 aliphatic rings. The highest BCUT2D eigenvalue weighted by Gasteiger charge is 2.14. The molecule has 146 valence electrons. The van der Waals surface area contributed by atoms with Gasteiger partial charge in [0.05, 0.1) is 17.7 Å². The highest BCUT2D eigenvalue weighted by molar-refractivity contribution is 6.33. The van der Waals surface area contributed by atoms with Crippen LogP contribution in [0.3, 0.4) is 0 Å². The van der Waals surface area contributed by atoms with Crippen LogP contribution in [0.15, 0.2) is 12.1 Å². The van der Waals surface area contributed by atoms with Gasteiger partial charge in [-0.2, -0.15) is 0 Å². The number of methoxy groups -OCH3 is 1. The predicted octanol–water partition coefficient (Wildman–Crippen LogP) is 5.03. The average molecular weight is 390 g/mol. The van der Waals surface area contributed by atoms with E-state index in [2.05, 4.69) is 10.1 Å². The Morgan fingerprint density at radius 1 is 0.962 bits per heavy atom. The van der Waals surface area contributed by atoms with E-state index in [1.54, 1.807) is 0 Å². The summed E-state index contributed by atoms with van der Waals surface area (Å²) in [5, 5.41) is 2.56. The zero-order chi connectivity index (χ0) is 19.4. The number of unbranched alkanes of at least 4 members (excludes halogenated alkanes) is 7. The van der Waals surface area contributed by atoms with Crippen LogP contribution in [-0.2, 0) is 9.53 Å². The smallest absolute Gasteiger partial charge is 0.305 e. The number of carbonyl (C=O) groups is 2. The van der Waals surface area contributed by atoms with Crippen LogP contribution in [0.1, 0.15) is 68.1 Å². The molecule has 1 aromatic rings. The van der Waals surface area contributed by atoms with Gasteiger partial charge < -0.3 is 10.1 Å². The second kappa shape index (κ2) is 12.6. The van der Waals surface area contributed by atoms with E-state index in [9.17, 15) is 18.4 Å². The second-order valence-corrected chi connectivity index (χ2v) is 6.56. The van der Waals surface area contributed by atoms with Crippen molar-refractivity contribution < 1.29 is 23.1 Å². The lowest BCUT2D eigenvalue weighted by Gasteiger charge is -2.07. The van der Waals surface area contributed by atoms with Crippen molar-refractivity contribution in [3.05, 3.63) is 34.4 Å². The van der Waals surface area contributed by atoms with Crippen LogP contribution in [0.25, 0.3) is 0 Å². The molecule has 7 heteroatoms. The second-order valence-electron chi connectivity index (χ2n) is 6.16. The fourth-order valence-electron chi connectivity index (χ4n) is 2.55. The molecule has 0 spiro atoms. The molecule has 1 N–H and O–H groups in total. The van der Waals surface area contributed by atoms with Crippen LogP contribution in [0.4, 0.5) is 8.78 Å². The maximum atomic E-state index is 13.2. The van der Waals surface area contributed by atoms with Gasteiger partial charge in [0, 0.05) is 13.0 Å². The number of rotatable bonds is 12. The van der Waals surface area contributed by atoms with E-state index in [1.165, 1.54) is 7.11 Å². The first-order valence-corrected chi connectivity index (χ1v) is 9.33. The minimum Gasteiger partial charge on any atom is -0.469 e. The summed E-state index contributed by atoms with van der Waals surface area (Å²) < 4.78 is 30.7. The van der Waals surface area contributed by atoms with Gasteiger partial charge in [0.1, 0.15) is 0 Å². The SMILES string of the molecule is COC(=O)CCCCCCCCCCNC(=O)c1cc(F)c(F)cc1Cl. The zero-order valence-corrected chi connectivity index (χ0v) is 15.8. The molecule has 0 unspecified atom stereocenters. The van der Waals surface area contributed by atoms with Gasteiger partial charge in [0.25, 0.3) is 5.91 Å². The zero-order valence-electron chi connectivity index (χ0n) is 15.1. The monoisotopic (exact) mass is 389 g/mol. The van der Waals surface area contributed by atoms with E-state index in [0.29, 0.717) is 13.0 Å². The topological polar surface area (TPSA) is 55.4 Å². The van der Waals surface area contributed by atoms with Crippen molar-refractivity contribution in [3.63, 3.8) is 0 Å². The summed E-state index contributed by atoms with van der Waals surface area (Å²) in [5.41, 5.74) is -0.0579. The number of amides is 1. The van der Waals surface area contributed by atoms with Gasteiger partial charge in [-0.3, -0.25) is 9.59 Å². The average Bonchev–Trinajstić information content (AvgIpc) is 2.62. The molecule has 0 saturated carbocycles. The Hall–Kier alpha value is -1.69. The number of esters is 1. The highest BCUT2D eigenvalue weighted by atomic mass is 35.5. The predicted molar refractivity (Wildman–Crippen MR) is 97.3 cm³/mol. The number of hydrogen-bond acceptors (Lipinski definition) is 3. The van der Waals surface area contributed by atoms with Crippen molar-refractivity contribution in [1.29, 1.82) is 0 Å². The maximum Gasteiger partial charge on any atom is 0.305 e. The van der Waals surface area contributed by atoms with Crippen molar-refractivity contribution in [3.8, 4) is 0 Å². The molecule has 0 fully saturated rings. The van der Waals surface area contributed by atoms with E-state index < -0.39 is 17.5 Å². The van der Waals surface area contributed by atoms with Crippen LogP contribution < -0.4 is 5.32 Å². The quantitative estimate of drug-likeness (QED) is 0.310. The molecule has 0 aliphatic heterocycles. The minimum atomic E-state index is -1.09. The molecule has 0 radical (unpaired) electrons. The largest absolute Gasteiger partial charge is 0.469 e. The molecule has 0 aliphatic carbocycles. The van der Waals surface area contributed by atoms with Crippen molar-refractivity contribution in [2.75, 3.05) is 13.7 Å². The van der Waals surface area contributed by atoms with Gasteiger partial charge in [-0.25, -0.2) is 8.78 Å². The van der Waals surface area contributed by atoms with Gasteiger partial charge in [0.2, 0.25) is 0 Å². The first-order chi connectivity index (χ1) is 12.5. The Labute approximate surface area is 158 Å². The first kappa shape index (κ1) is 22.4. The third kappa shape index (κ3) is 8.61. The minimum absolute atomic E-state index is 0.0579. The van der Waals surface area contributed by atoms with Crippen molar-refractivity contribution in [2.24, 2.45) is 0 Å². The highest BCUT2D eigenvalue weighted by Crippen LogP contribution is 2.20. The summed E-state index contributed by atoms with van der Waals surface area (Å²) in [6.45, 7) is 0.466. The molecule has 0 atom stereocenters. The van der Waals surface area contributed by atoms with Crippen LogP contribution in [0.5, 0.6) is 0 Å². The molecule has 0 saturated heterocycles. The van der Waals surface area contributed by atoms with E-state index in [0.717, 1.165) is 63.5 Å². The normalized spacial score (nSPS) is 10.6. The Balaban J connectivity index is 2.05. The third-order valence-electron chi connectivity index (χ3n) is 4.08. The number of ether oxygens (including phenoxy) is 1. The number of benzene rings is 1. The standard InChI is InChI=1S/C19H26ClF2NO3/c1-26-18(24)10-8-6-4-2-3-5-7-9-11-23-19(25)14-12-16(21)17(22)13-15(14)20/h12-13H,2-11H2,1H3,(H,23,25). The number of carbonyl (C=O) groups excluding carboxylic acids is 2. The summed E-state index contributed by atoms with van der Waals surface area (Å²) in [4.78, 5) is 22.9. The molecule has 1 aromatic carbocycles. The first-order valence-electron chi connectivity index (χ1n) is 8.95. The molecular formula is C19H26ClF2NO3. The van der Waals surface area contributed by atoms with Gasteiger partial charge >= 0.3 is 5.97 Å². The molecule has 0 heterocycles. The lowest BCUT2D eigenvalue weighted by atomic mass is 10.1. The third-order valence-corrected chi connectivity index (χ3v) is 4.39. The number of hydrogen-bond donors (Lipinski definition) is 1. The molecule has 1 rings (SSSR count). The van der Waals surface area contributed by atoms with Crippen LogP contribution >= 0.6 is 11.6 Å². The summed E-state index contributed by atoms with van der Waals surface area (Å²) in [5.74, 6) is -2.82. The molecule has 0 bridgehead atoms. The van der Waals surface area contributed by atoms with Crippen LogP contribution in [0, 0.1) is 11.6 Å². The molecule has 1 amide bonds. The van der Waals surface area contributed by atoms with E-state index in [-0.39, 0.29) is 16.6 Å². The Bertz CT molecular complexity index is 596. The fourth-order valence-corrected chi connectivity index (χ4v) is 2.79. The van der Waals surface area contributed by atoms with Gasteiger partial charge in [-0.05, 0) is 25.0 Å². The van der Waals surface area contributed by atoms with Crippen molar-refractivity contribution in [1.82, 2.24) is 5.32 Å². The fraction of sp³-hybridized carbons (Fsp3) is 0.579. The maximum absolute atomic E-state index is 13.2. The molecule has 0 aromatic heterocycles. The molecule has 26 heavy (non-hydrogen) atoms. The van der Waals surface area contributed by atoms with Gasteiger partial charge in [-0.15, -0.1) is 0 Å². The van der Waals surface area contributed by atoms with Gasteiger partial charge in [-0.1, -0.05) is 50.1 Å². The van der Waals surface area contributed by atoms with E-state index in [4.69, 9.17) is 11.6 Å². The Kier molecular flexibility index (Phi) is 10.9. The molecule has 4 nitrogen and oxygen atoms in total. The Morgan fingerprint density at radius 2 is 1.50 bits per heavy atom. The van der Waals surface area contributed by atoms with E-state index in [1.807, 2.05) is 0 Å². The van der Waals surface area contributed by atoms with Crippen LogP contribution in [0.2, 0.25) is 5.02 Å². The van der Waals surface area contributed by atoms with E-state index >= 15 is 0 Å². The van der Waals surface area contributed by atoms with Crippen LogP contribution in [-0.4, -0.2) is 25.5 Å². The summed E-state index contributed by atoms with van der Waals surface area (Å²) in [7, 11) is 1.40. The summed E-state index contributed by atoms with van der Waals surface area (Å²) in [6.07, 6.45) is 8.58. The number of nitrogens with one attached hydrogen (secondary N) is 1. The van der Waals surface area contributed by atoms with Crippen molar-refractivity contribution in [2.45, 2.75) is 57.8 Å². The van der Waals surface area contributed by atoms with Crippen molar-refractivity contribution >= 4 is 23.5 Å². The molecular weight excluding hydrogens is 364 g/mol. The number of halogens is 3.